The summed E-state index contributed by atoms with van der Waals surface area (Å²) in [5.41, 5.74) is 0.833. The van der Waals surface area contributed by atoms with Gasteiger partial charge in [0, 0.05) is 6.42 Å². The van der Waals surface area contributed by atoms with Crippen LogP contribution in [-0.4, -0.2) is 31.1 Å². The van der Waals surface area contributed by atoms with E-state index in [9.17, 15) is 9.59 Å². The average Bonchev–Trinajstić information content (AvgIpc) is 2.37. The summed E-state index contributed by atoms with van der Waals surface area (Å²) in [6.45, 7) is 3.70. The van der Waals surface area contributed by atoms with Gasteiger partial charge in [-0.25, -0.2) is 4.79 Å². The predicted octanol–water partition coefficient (Wildman–Crippen LogP) is 1.52. The third kappa shape index (κ3) is 3.24. The second-order valence-corrected chi connectivity index (χ2v) is 4.33. The highest BCUT2D eigenvalue weighted by molar-refractivity contribution is 5.78. The first-order valence-corrected chi connectivity index (χ1v) is 6.18. The normalized spacial score (nSPS) is 16.8. The van der Waals surface area contributed by atoms with Gasteiger partial charge < -0.3 is 14.2 Å². The van der Waals surface area contributed by atoms with Gasteiger partial charge in [0.15, 0.2) is 11.5 Å². The van der Waals surface area contributed by atoms with Crippen molar-refractivity contribution in [1.29, 1.82) is 0 Å². The Morgan fingerprint density at radius 2 is 2.16 bits per heavy atom. The number of ketones is 1. The van der Waals surface area contributed by atoms with Crippen molar-refractivity contribution >= 4 is 11.8 Å². The predicted molar refractivity (Wildman–Crippen MR) is 67.4 cm³/mol. The van der Waals surface area contributed by atoms with Gasteiger partial charge in [-0.3, -0.25) is 4.79 Å². The zero-order valence-corrected chi connectivity index (χ0v) is 11.0. The van der Waals surface area contributed by atoms with Crippen LogP contribution in [0.3, 0.4) is 0 Å². The minimum absolute atomic E-state index is 0.0682. The zero-order valence-electron chi connectivity index (χ0n) is 11.0. The molecular formula is C14H16O5. The summed E-state index contributed by atoms with van der Waals surface area (Å²) in [6, 6.07) is 5.28. The lowest BCUT2D eigenvalue weighted by molar-refractivity contribution is -0.153. The van der Waals surface area contributed by atoms with Gasteiger partial charge >= 0.3 is 5.97 Å². The number of rotatable bonds is 4. The van der Waals surface area contributed by atoms with Gasteiger partial charge in [-0.15, -0.1) is 0 Å². The lowest BCUT2D eigenvalue weighted by atomic mass is 10.1. The third-order valence-corrected chi connectivity index (χ3v) is 2.67. The van der Waals surface area contributed by atoms with Gasteiger partial charge in [0.1, 0.15) is 12.4 Å². The molecule has 1 unspecified atom stereocenters. The summed E-state index contributed by atoms with van der Waals surface area (Å²) < 4.78 is 15.9. The number of carbonyl (C=O) groups is 2. The van der Waals surface area contributed by atoms with Crippen molar-refractivity contribution in [3.05, 3.63) is 23.8 Å². The highest BCUT2D eigenvalue weighted by Gasteiger charge is 2.28. The van der Waals surface area contributed by atoms with E-state index in [1.54, 1.807) is 19.1 Å². The molecule has 0 aromatic heterocycles. The first kappa shape index (κ1) is 13.4. The molecule has 1 aliphatic rings. The first-order chi connectivity index (χ1) is 9.10. The fraction of sp³-hybridized carbons (Fsp3) is 0.429. The molecule has 5 nitrogen and oxygen atoms in total. The number of ether oxygens (including phenoxy) is 3. The van der Waals surface area contributed by atoms with Gasteiger partial charge in [0.05, 0.1) is 6.61 Å². The van der Waals surface area contributed by atoms with Crippen molar-refractivity contribution in [3.8, 4) is 11.5 Å². The average molecular weight is 264 g/mol. The number of hydrogen-bond donors (Lipinski definition) is 0. The van der Waals surface area contributed by atoms with Crippen LogP contribution in [0.25, 0.3) is 0 Å². The van der Waals surface area contributed by atoms with E-state index in [2.05, 4.69) is 0 Å². The summed E-state index contributed by atoms with van der Waals surface area (Å²) in [6.07, 6.45) is -0.416. The molecule has 1 atom stereocenters. The van der Waals surface area contributed by atoms with Crippen LogP contribution in [-0.2, 0) is 20.7 Å². The number of fused-ring (bicyclic) bond motifs is 1. The maximum Gasteiger partial charge on any atom is 0.350 e. The lowest BCUT2D eigenvalue weighted by Crippen LogP contribution is -2.37. The van der Waals surface area contributed by atoms with Crippen LogP contribution < -0.4 is 9.47 Å². The van der Waals surface area contributed by atoms with E-state index in [1.807, 2.05) is 6.07 Å². The van der Waals surface area contributed by atoms with Crippen molar-refractivity contribution < 1.29 is 23.8 Å². The molecule has 102 valence electrons. The molecular weight excluding hydrogens is 248 g/mol. The molecule has 1 heterocycles. The molecule has 0 amide bonds. The summed E-state index contributed by atoms with van der Waals surface area (Å²) in [4.78, 5) is 22.7. The summed E-state index contributed by atoms with van der Waals surface area (Å²) >= 11 is 0. The Balaban J connectivity index is 2.13. The first-order valence-electron chi connectivity index (χ1n) is 6.18. The van der Waals surface area contributed by atoms with E-state index in [0.717, 1.165) is 5.56 Å². The number of Topliss-reactive ketones (excluding diaryl/α,β-unsaturated/α-hetero) is 1. The van der Waals surface area contributed by atoms with Crippen LogP contribution in [0, 0.1) is 0 Å². The van der Waals surface area contributed by atoms with E-state index in [-0.39, 0.29) is 12.4 Å². The fourth-order valence-electron chi connectivity index (χ4n) is 1.87. The number of hydrogen-bond acceptors (Lipinski definition) is 5. The van der Waals surface area contributed by atoms with E-state index in [1.165, 1.54) is 6.92 Å². The van der Waals surface area contributed by atoms with Crippen molar-refractivity contribution in [3.63, 3.8) is 0 Å². The molecule has 1 aromatic carbocycles. The maximum atomic E-state index is 11.6. The van der Waals surface area contributed by atoms with Gasteiger partial charge in [-0.1, -0.05) is 6.07 Å². The second-order valence-electron chi connectivity index (χ2n) is 4.33. The van der Waals surface area contributed by atoms with Crippen molar-refractivity contribution in [2.45, 2.75) is 26.4 Å². The van der Waals surface area contributed by atoms with E-state index < -0.39 is 12.1 Å². The summed E-state index contributed by atoms with van der Waals surface area (Å²) in [5, 5.41) is 0. The fourth-order valence-corrected chi connectivity index (χ4v) is 1.87. The Morgan fingerprint density at radius 3 is 2.84 bits per heavy atom. The molecule has 2 rings (SSSR count). The minimum Gasteiger partial charge on any atom is -0.485 e. The molecule has 0 bridgehead atoms. The Morgan fingerprint density at radius 1 is 1.37 bits per heavy atom. The van der Waals surface area contributed by atoms with Crippen LogP contribution in [0.2, 0.25) is 0 Å². The van der Waals surface area contributed by atoms with E-state index in [0.29, 0.717) is 24.5 Å². The van der Waals surface area contributed by atoms with E-state index >= 15 is 0 Å². The zero-order chi connectivity index (χ0) is 13.8. The molecule has 0 saturated carbocycles. The van der Waals surface area contributed by atoms with Crippen LogP contribution in [0.4, 0.5) is 0 Å². The summed E-state index contributed by atoms with van der Waals surface area (Å²) in [5.74, 6) is 0.680. The van der Waals surface area contributed by atoms with Crippen LogP contribution in [0.5, 0.6) is 11.5 Å². The van der Waals surface area contributed by atoms with Crippen molar-refractivity contribution in [2.75, 3.05) is 13.2 Å². The lowest BCUT2D eigenvalue weighted by Gasteiger charge is -2.25. The van der Waals surface area contributed by atoms with Crippen LogP contribution >= 0.6 is 0 Å². The Hall–Kier alpha value is -2.04. The molecule has 0 saturated heterocycles. The highest BCUT2D eigenvalue weighted by atomic mass is 16.6. The molecule has 1 aliphatic heterocycles. The smallest absolute Gasteiger partial charge is 0.350 e. The quantitative estimate of drug-likeness (QED) is 0.772. The monoisotopic (exact) mass is 264 g/mol. The molecule has 0 N–H and O–H groups in total. The molecule has 1 aromatic rings. The minimum atomic E-state index is -0.750. The standard InChI is InChI=1S/C14H16O5/c1-3-17-14(16)13-8-18-11-5-4-10(6-9(2)15)7-12(11)19-13/h4-5,7,13H,3,6,8H2,1-2H3. The van der Waals surface area contributed by atoms with Gasteiger partial charge in [-0.05, 0) is 31.5 Å². The number of carbonyl (C=O) groups excluding carboxylic acids is 2. The third-order valence-electron chi connectivity index (χ3n) is 2.67. The molecule has 0 aliphatic carbocycles. The summed E-state index contributed by atoms with van der Waals surface area (Å²) in [7, 11) is 0. The Labute approximate surface area is 111 Å². The molecule has 19 heavy (non-hydrogen) atoms. The van der Waals surface area contributed by atoms with Gasteiger partial charge in [0.25, 0.3) is 0 Å². The Bertz CT molecular complexity index is 495. The van der Waals surface area contributed by atoms with Gasteiger partial charge in [0.2, 0.25) is 6.10 Å². The molecule has 5 heteroatoms. The number of benzene rings is 1. The highest BCUT2D eigenvalue weighted by Crippen LogP contribution is 2.33. The van der Waals surface area contributed by atoms with Crippen LogP contribution in [0.15, 0.2) is 18.2 Å². The topological polar surface area (TPSA) is 61.8 Å². The van der Waals surface area contributed by atoms with E-state index in [4.69, 9.17) is 14.2 Å². The SMILES string of the molecule is CCOC(=O)C1COc2ccc(CC(C)=O)cc2O1. The van der Waals surface area contributed by atoms with Crippen molar-refractivity contribution in [1.82, 2.24) is 0 Å². The molecule has 0 radical (unpaired) electrons. The second kappa shape index (κ2) is 5.73. The maximum absolute atomic E-state index is 11.6. The largest absolute Gasteiger partial charge is 0.485 e. The van der Waals surface area contributed by atoms with Crippen LogP contribution in [0.1, 0.15) is 19.4 Å². The van der Waals surface area contributed by atoms with Crippen molar-refractivity contribution in [2.24, 2.45) is 0 Å². The molecule has 0 spiro atoms. The number of esters is 1. The van der Waals surface area contributed by atoms with Gasteiger partial charge in [-0.2, -0.15) is 0 Å². The Kier molecular flexibility index (Phi) is 4.04. The molecule has 0 fully saturated rings.